The van der Waals surface area contributed by atoms with Crippen LogP contribution in [-0.2, 0) is 4.79 Å². The average Bonchev–Trinajstić information content (AvgIpc) is 3.36. The predicted octanol–water partition coefficient (Wildman–Crippen LogP) is 4.85. The van der Waals surface area contributed by atoms with Crippen molar-refractivity contribution in [3.05, 3.63) is 36.0 Å². The molecule has 3 N–H and O–H groups in total. The van der Waals surface area contributed by atoms with Gasteiger partial charge in [-0.25, -0.2) is 19.3 Å². The van der Waals surface area contributed by atoms with E-state index in [0.717, 1.165) is 6.20 Å². The highest BCUT2D eigenvalue weighted by Gasteiger charge is 2.60. The average molecular weight is 451 g/mol. The van der Waals surface area contributed by atoms with Gasteiger partial charge >= 0.3 is 12.1 Å². The van der Waals surface area contributed by atoms with Gasteiger partial charge < -0.3 is 15.4 Å². The molecule has 1 aliphatic rings. The smallest absolute Gasteiger partial charge is 0.396 e. The number of aromatic amines is 1. The maximum Gasteiger partial charge on any atom is 0.396 e. The van der Waals surface area contributed by atoms with E-state index in [1.165, 1.54) is 18.5 Å². The molecule has 1 fully saturated rings. The van der Waals surface area contributed by atoms with Gasteiger partial charge in [-0.05, 0) is 25.8 Å². The number of rotatable bonds is 6. The number of carbonyl (C=O) groups is 1. The van der Waals surface area contributed by atoms with Crippen molar-refractivity contribution in [2.45, 2.75) is 51.2 Å². The summed E-state index contributed by atoms with van der Waals surface area (Å²) in [7, 11) is 0. The number of nitrogens with zero attached hydrogens (tertiary/aromatic N) is 3. The number of hydrogen-bond acceptors (Lipinski definition) is 5. The molecule has 0 amide bonds. The van der Waals surface area contributed by atoms with Gasteiger partial charge in [0.2, 0.25) is 0 Å². The van der Waals surface area contributed by atoms with Crippen molar-refractivity contribution in [1.82, 2.24) is 19.9 Å². The molecule has 3 aromatic heterocycles. The van der Waals surface area contributed by atoms with E-state index in [0.29, 0.717) is 35.0 Å². The highest BCUT2D eigenvalue weighted by Crippen LogP contribution is 2.54. The first-order valence-electron chi connectivity index (χ1n) is 10.1. The van der Waals surface area contributed by atoms with E-state index < -0.39 is 35.8 Å². The number of fused-ring (bicyclic) bond motifs is 1. The second-order valence-electron chi connectivity index (χ2n) is 8.13. The number of carboxylic acid groups (broad SMARTS) is 1. The van der Waals surface area contributed by atoms with Gasteiger partial charge in [0.1, 0.15) is 17.3 Å². The van der Waals surface area contributed by atoms with Crippen molar-refractivity contribution in [3.8, 4) is 11.4 Å². The Morgan fingerprint density at radius 3 is 2.66 bits per heavy atom. The fourth-order valence-electron chi connectivity index (χ4n) is 4.44. The Labute approximate surface area is 180 Å². The van der Waals surface area contributed by atoms with Gasteiger partial charge in [-0.1, -0.05) is 12.8 Å². The van der Waals surface area contributed by atoms with Crippen molar-refractivity contribution in [2.75, 3.05) is 5.32 Å². The molecule has 7 nitrogen and oxygen atoms in total. The van der Waals surface area contributed by atoms with Gasteiger partial charge in [-0.15, -0.1) is 0 Å². The third-order valence-electron chi connectivity index (χ3n) is 6.13. The second-order valence-corrected chi connectivity index (χ2v) is 8.13. The minimum absolute atomic E-state index is 0.107. The van der Waals surface area contributed by atoms with Crippen LogP contribution in [0.15, 0.2) is 24.7 Å². The Bertz CT molecular complexity index is 1150. The number of carboxylic acids is 1. The van der Waals surface area contributed by atoms with Crippen LogP contribution in [0.5, 0.6) is 0 Å². The SMILES string of the molecule is Cc1cnc(-c2c[nH]c3ncc(F)cc23)nc1NC(CC(=O)O)C1(C(F)(F)F)CCCC1. The summed E-state index contributed by atoms with van der Waals surface area (Å²) >= 11 is 0. The van der Waals surface area contributed by atoms with Crippen LogP contribution in [-0.4, -0.2) is 43.2 Å². The highest BCUT2D eigenvalue weighted by atomic mass is 19.4. The molecule has 1 atom stereocenters. The number of anilines is 1. The number of pyridine rings is 1. The zero-order chi connectivity index (χ0) is 23.1. The van der Waals surface area contributed by atoms with Crippen LogP contribution in [0.2, 0.25) is 0 Å². The number of aromatic nitrogens is 4. The molecule has 0 aromatic carbocycles. The fraction of sp³-hybridized carbons (Fsp3) is 0.429. The van der Waals surface area contributed by atoms with Crippen LogP contribution in [0.4, 0.5) is 23.4 Å². The summed E-state index contributed by atoms with van der Waals surface area (Å²) < 4.78 is 56.0. The Balaban J connectivity index is 1.75. The number of nitrogens with one attached hydrogen (secondary N) is 2. The molecular formula is C21H21F4N5O2. The fourth-order valence-corrected chi connectivity index (χ4v) is 4.44. The summed E-state index contributed by atoms with van der Waals surface area (Å²) in [4.78, 5) is 26.9. The summed E-state index contributed by atoms with van der Waals surface area (Å²) in [6.45, 7) is 1.62. The van der Waals surface area contributed by atoms with Crippen molar-refractivity contribution in [3.63, 3.8) is 0 Å². The zero-order valence-corrected chi connectivity index (χ0v) is 17.1. The molecule has 3 heterocycles. The van der Waals surface area contributed by atoms with E-state index in [4.69, 9.17) is 0 Å². The molecule has 170 valence electrons. The lowest BCUT2D eigenvalue weighted by atomic mass is 9.76. The lowest BCUT2D eigenvalue weighted by molar-refractivity contribution is -0.228. The monoisotopic (exact) mass is 451 g/mol. The van der Waals surface area contributed by atoms with Crippen LogP contribution in [0.3, 0.4) is 0 Å². The third-order valence-corrected chi connectivity index (χ3v) is 6.13. The van der Waals surface area contributed by atoms with Gasteiger partial charge in [-0.3, -0.25) is 4.79 Å². The number of alkyl halides is 3. The van der Waals surface area contributed by atoms with E-state index in [2.05, 4.69) is 25.3 Å². The maximum absolute atomic E-state index is 14.1. The molecule has 0 bridgehead atoms. The Kier molecular flexibility index (Phi) is 5.51. The van der Waals surface area contributed by atoms with E-state index in [1.54, 1.807) is 6.92 Å². The summed E-state index contributed by atoms with van der Waals surface area (Å²) in [6.07, 6.45) is -0.797. The minimum Gasteiger partial charge on any atom is -0.481 e. The predicted molar refractivity (Wildman–Crippen MR) is 108 cm³/mol. The zero-order valence-electron chi connectivity index (χ0n) is 17.1. The Morgan fingerprint density at radius 1 is 1.28 bits per heavy atom. The Hall–Kier alpha value is -3.24. The molecule has 11 heteroatoms. The van der Waals surface area contributed by atoms with Gasteiger partial charge in [0.05, 0.1) is 24.1 Å². The number of hydrogen-bond donors (Lipinski definition) is 3. The van der Waals surface area contributed by atoms with Crippen molar-refractivity contribution >= 4 is 22.8 Å². The lowest BCUT2D eigenvalue weighted by Crippen LogP contribution is -2.50. The van der Waals surface area contributed by atoms with Gasteiger partial charge in [0, 0.05) is 28.9 Å². The maximum atomic E-state index is 14.1. The number of halogens is 4. The molecule has 32 heavy (non-hydrogen) atoms. The standard InChI is InChI=1S/C21H21F4N5O2/c1-11-8-26-19(14-10-28-18-13(14)6-12(22)9-27-18)30-17(11)29-15(7-16(31)32)20(21(23,24)25)4-2-3-5-20/h6,8-10,15H,2-5,7H2,1H3,(H,27,28)(H,31,32)(H,26,29,30). The molecule has 0 spiro atoms. The first kappa shape index (κ1) is 22.0. The highest BCUT2D eigenvalue weighted by molar-refractivity contribution is 5.91. The van der Waals surface area contributed by atoms with E-state index in [1.807, 2.05) is 0 Å². The molecule has 4 rings (SSSR count). The summed E-state index contributed by atoms with van der Waals surface area (Å²) in [5.74, 6) is -1.63. The molecule has 0 radical (unpaired) electrons. The van der Waals surface area contributed by atoms with Crippen LogP contribution in [0, 0.1) is 18.2 Å². The molecule has 0 saturated heterocycles. The van der Waals surface area contributed by atoms with Crippen LogP contribution in [0.25, 0.3) is 22.4 Å². The number of H-pyrrole nitrogens is 1. The lowest BCUT2D eigenvalue weighted by Gasteiger charge is -2.39. The van der Waals surface area contributed by atoms with Crippen LogP contribution < -0.4 is 5.32 Å². The minimum atomic E-state index is -4.57. The summed E-state index contributed by atoms with van der Waals surface area (Å²) in [5, 5.41) is 12.5. The van der Waals surface area contributed by atoms with Crippen LogP contribution >= 0.6 is 0 Å². The molecule has 1 aliphatic carbocycles. The van der Waals surface area contributed by atoms with Crippen molar-refractivity contribution in [2.24, 2.45) is 5.41 Å². The first-order valence-corrected chi connectivity index (χ1v) is 10.1. The second kappa shape index (κ2) is 8.03. The summed E-state index contributed by atoms with van der Waals surface area (Å²) in [6, 6.07) is -0.138. The molecule has 1 unspecified atom stereocenters. The van der Waals surface area contributed by atoms with Crippen molar-refractivity contribution in [1.29, 1.82) is 0 Å². The third kappa shape index (κ3) is 3.87. The molecule has 0 aliphatic heterocycles. The molecular weight excluding hydrogens is 430 g/mol. The van der Waals surface area contributed by atoms with Gasteiger partial charge in [-0.2, -0.15) is 13.2 Å². The molecule has 1 saturated carbocycles. The van der Waals surface area contributed by atoms with Gasteiger partial charge in [0.25, 0.3) is 0 Å². The topological polar surface area (TPSA) is 104 Å². The van der Waals surface area contributed by atoms with E-state index >= 15 is 0 Å². The summed E-state index contributed by atoms with van der Waals surface area (Å²) in [5.41, 5.74) is -0.859. The first-order chi connectivity index (χ1) is 15.1. The number of aryl methyl sites for hydroxylation is 1. The van der Waals surface area contributed by atoms with Crippen LogP contribution in [0.1, 0.15) is 37.7 Å². The van der Waals surface area contributed by atoms with E-state index in [9.17, 15) is 27.5 Å². The Morgan fingerprint density at radius 2 is 2.00 bits per heavy atom. The van der Waals surface area contributed by atoms with Crippen molar-refractivity contribution < 1.29 is 27.5 Å². The van der Waals surface area contributed by atoms with E-state index in [-0.39, 0.29) is 24.5 Å². The van der Waals surface area contributed by atoms with Gasteiger partial charge in [0.15, 0.2) is 5.82 Å². The molecule has 3 aromatic rings. The number of aliphatic carboxylic acids is 1. The largest absolute Gasteiger partial charge is 0.481 e. The normalized spacial score (nSPS) is 16.9. The quantitative estimate of drug-likeness (QED) is 0.463.